The van der Waals surface area contributed by atoms with E-state index in [1.54, 1.807) is 6.33 Å². The van der Waals surface area contributed by atoms with Crippen molar-refractivity contribution in [2.24, 2.45) is 5.92 Å². The minimum Gasteiger partial charge on any atom is -0.356 e. The minimum absolute atomic E-state index is 0.854. The highest BCUT2D eigenvalue weighted by atomic mass is 15.2. The fraction of sp³-hybridized carbons (Fsp3) is 0.571. The molecule has 1 fully saturated rings. The Morgan fingerprint density at radius 1 is 1.37 bits per heavy atom. The van der Waals surface area contributed by atoms with Crippen molar-refractivity contribution in [2.45, 2.75) is 19.3 Å². The summed E-state index contributed by atoms with van der Waals surface area (Å²) >= 11 is 0. The lowest BCUT2D eigenvalue weighted by molar-refractivity contribution is 0.377. The van der Waals surface area contributed by atoms with E-state index in [9.17, 15) is 0 Å². The van der Waals surface area contributed by atoms with Crippen LogP contribution in [0, 0.1) is 5.92 Å². The van der Waals surface area contributed by atoms with Crippen molar-refractivity contribution in [1.82, 2.24) is 20.3 Å². The Bertz CT molecular complexity index is 527. The number of aromatic amines is 1. The number of anilines is 1. The standard InChI is InChI=1S/C14H21N5/c1-15-6-2-11-4-8-19(9-5-11)14-12-3-7-16-13(12)17-10-18-14/h3,7,10-11,15H,2,4-6,8-9H2,1H3,(H,16,17,18). The maximum atomic E-state index is 4.47. The predicted octanol–water partition coefficient (Wildman–Crippen LogP) is 1.78. The van der Waals surface area contributed by atoms with Gasteiger partial charge in [-0.25, -0.2) is 9.97 Å². The van der Waals surface area contributed by atoms with Gasteiger partial charge in [0.1, 0.15) is 17.8 Å². The molecule has 1 aliphatic rings. The fourth-order valence-corrected chi connectivity index (χ4v) is 2.89. The summed E-state index contributed by atoms with van der Waals surface area (Å²) in [4.78, 5) is 14.3. The van der Waals surface area contributed by atoms with Crippen LogP contribution < -0.4 is 10.2 Å². The van der Waals surface area contributed by atoms with Crippen LogP contribution in [0.5, 0.6) is 0 Å². The number of rotatable bonds is 4. The molecule has 0 aliphatic carbocycles. The van der Waals surface area contributed by atoms with Gasteiger partial charge in [-0.1, -0.05) is 0 Å². The van der Waals surface area contributed by atoms with Crippen molar-refractivity contribution in [3.63, 3.8) is 0 Å². The third-order valence-electron chi connectivity index (χ3n) is 4.05. The summed E-state index contributed by atoms with van der Waals surface area (Å²) in [5.41, 5.74) is 0.933. The molecule has 0 saturated carbocycles. The number of hydrogen-bond acceptors (Lipinski definition) is 4. The molecule has 0 bridgehead atoms. The molecule has 5 heteroatoms. The van der Waals surface area contributed by atoms with Crippen LogP contribution in [-0.4, -0.2) is 41.6 Å². The number of aromatic nitrogens is 3. The van der Waals surface area contributed by atoms with E-state index < -0.39 is 0 Å². The first-order chi connectivity index (χ1) is 9.38. The predicted molar refractivity (Wildman–Crippen MR) is 77.4 cm³/mol. The Labute approximate surface area is 113 Å². The quantitative estimate of drug-likeness (QED) is 0.879. The van der Waals surface area contributed by atoms with Gasteiger partial charge in [-0.05, 0) is 44.8 Å². The summed E-state index contributed by atoms with van der Waals surface area (Å²) in [6.45, 7) is 3.33. The van der Waals surface area contributed by atoms with E-state index >= 15 is 0 Å². The van der Waals surface area contributed by atoms with Crippen LogP contribution >= 0.6 is 0 Å². The van der Waals surface area contributed by atoms with Crippen LogP contribution in [0.2, 0.25) is 0 Å². The molecule has 0 spiro atoms. The monoisotopic (exact) mass is 259 g/mol. The van der Waals surface area contributed by atoms with E-state index in [0.717, 1.165) is 42.4 Å². The maximum absolute atomic E-state index is 4.47. The molecule has 1 aliphatic heterocycles. The van der Waals surface area contributed by atoms with Crippen molar-refractivity contribution in [1.29, 1.82) is 0 Å². The number of nitrogens with one attached hydrogen (secondary N) is 2. The van der Waals surface area contributed by atoms with Gasteiger partial charge in [0.2, 0.25) is 0 Å². The van der Waals surface area contributed by atoms with E-state index in [2.05, 4.69) is 31.2 Å². The van der Waals surface area contributed by atoms with Crippen LogP contribution in [0.25, 0.3) is 11.0 Å². The maximum Gasteiger partial charge on any atom is 0.142 e. The van der Waals surface area contributed by atoms with E-state index in [1.807, 2.05) is 13.2 Å². The molecular formula is C14H21N5. The first-order valence-electron chi connectivity index (χ1n) is 7.06. The van der Waals surface area contributed by atoms with Crippen molar-refractivity contribution in [3.05, 3.63) is 18.6 Å². The summed E-state index contributed by atoms with van der Waals surface area (Å²) < 4.78 is 0. The average Bonchev–Trinajstić information content (AvgIpc) is 2.94. The van der Waals surface area contributed by atoms with Crippen LogP contribution in [0.4, 0.5) is 5.82 Å². The summed E-state index contributed by atoms with van der Waals surface area (Å²) in [6, 6.07) is 2.07. The molecule has 102 valence electrons. The van der Waals surface area contributed by atoms with Gasteiger partial charge in [-0.3, -0.25) is 0 Å². The highest BCUT2D eigenvalue weighted by Gasteiger charge is 2.21. The molecule has 3 heterocycles. The van der Waals surface area contributed by atoms with Gasteiger partial charge in [-0.15, -0.1) is 0 Å². The topological polar surface area (TPSA) is 56.8 Å². The summed E-state index contributed by atoms with van der Waals surface area (Å²) in [5.74, 6) is 1.94. The fourth-order valence-electron chi connectivity index (χ4n) is 2.89. The molecule has 19 heavy (non-hydrogen) atoms. The Morgan fingerprint density at radius 2 is 2.21 bits per heavy atom. The van der Waals surface area contributed by atoms with Crippen LogP contribution in [0.1, 0.15) is 19.3 Å². The lowest BCUT2D eigenvalue weighted by Crippen LogP contribution is -2.35. The second-order valence-corrected chi connectivity index (χ2v) is 5.26. The number of H-pyrrole nitrogens is 1. The minimum atomic E-state index is 0.854. The van der Waals surface area contributed by atoms with Gasteiger partial charge in [0, 0.05) is 19.3 Å². The van der Waals surface area contributed by atoms with Crippen molar-refractivity contribution in [2.75, 3.05) is 31.6 Å². The molecule has 2 aromatic heterocycles. The Kier molecular flexibility index (Phi) is 3.64. The molecular weight excluding hydrogens is 238 g/mol. The molecule has 0 radical (unpaired) electrons. The van der Waals surface area contributed by atoms with Crippen LogP contribution in [0.15, 0.2) is 18.6 Å². The molecule has 0 atom stereocenters. The van der Waals surface area contributed by atoms with E-state index in [0.29, 0.717) is 0 Å². The van der Waals surface area contributed by atoms with Gasteiger partial charge in [0.05, 0.1) is 5.39 Å². The third-order valence-corrected chi connectivity index (χ3v) is 4.05. The van der Waals surface area contributed by atoms with Gasteiger partial charge in [0.15, 0.2) is 0 Å². The number of hydrogen-bond donors (Lipinski definition) is 2. The molecule has 2 aromatic rings. The summed E-state index contributed by atoms with van der Waals surface area (Å²) in [7, 11) is 2.03. The SMILES string of the molecule is CNCCC1CCN(c2ncnc3[nH]ccc23)CC1. The summed E-state index contributed by atoms with van der Waals surface area (Å²) in [6.07, 6.45) is 7.40. The van der Waals surface area contributed by atoms with E-state index in [4.69, 9.17) is 0 Å². The van der Waals surface area contributed by atoms with Crippen molar-refractivity contribution >= 4 is 16.9 Å². The largest absolute Gasteiger partial charge is 0.356 e. The van der Waals surface area contributed by atoms with Crippen molar-refractivity contribution < 1.29 is 0 Å². The number of nitrogens with zero attached hydrogens (tertiary/aromatic N) is 3. The highest BCUT2D eigenvalue weighted by Crippen LogP contribution is 2.27. The van der Waals surface area contributed by atoms with E-state index in [1.165, 1.54) is 19.3 Å². The van der Waals surface area contributed by atoms with Gasteiger partial charge in [-0.2, -0.15) is 0 Å². The Balaban J connectivity index is 1.69. The highest BCUT2D eigenvalue weighted by molar-refractivity contribution is 5.87. The zero-order valence-corrected chi connectivity index (χ0v) is 11.4. The van der Waals surface area contributed by atoms with Crippen LogP contribution in [0.3, 0.4) is 0 Å². The molecule has 0 aromatic carbocycles. The lowest BCUT2D eigenvalue weighted by atomic mass is 9.93. The van der Waals surface area contributed by atoms with Gasteiger partial charge >= 0.3 is 0 Å². The lowest BCUT2D eigenvalue weighted by Gasteiger charge is -2.33. The normalized spacial score (nSPS) is 17.2. The molecule has 1 saturated heterocycles. The second-order valence-electron chi connectivity index (χ2n) is 5.26. The Morgan fingerprint density at radius 3 is 3.00 bits per heavy atom. The molecule has 2 N–H and O–H groups in total. The first kappa shape index (κ1) is 12.4. The van der Waals surface area contributed by atoms with Gasteiger partial charge < -0.3 is 15.2 Å². The smallest absolute Gasteiger partial charge is 0.142 e. The summed E-state index contributed by atoms with van der Waals surface area (Å²) in [5, 5.41) is 4.38. The molecule has 5 nitrogen and oxygen atoms in total. The molecule has 3 rings (SSSR count). The zero-order valence-electron chi connectivity index (χ0n) is 11.4. The van der Waals surface area contributed by atoms with Crippen LogP contribution in [-0.2, 0) is 0 Å². The molecule has 0 amide bonds. The zero-order chi connectivity index (χ0) is 13.1. The third kappa shape index (κ3) is 2.56. The number of piperidine rings is 1. The second kappa shape index (κ2) is 5.57. The average molecular weight is 259 g/mol. The molecule has 0 unspecified atom stereocenters. The number of fused-ring (bicyclic) bond motifs is 1. The van der Waals surface area contributed by atoms with Gasteiger partial charge in [0.25, 0.3) is 0 Å². The Hall–Kier alpha value is -1.62. The van der Waals surface area contributed by atoms with E-state index in [-0.39, 0.29) is 0 Å². The first-order valence-corrected chi connectivity index (χ1v) is 7.06. The van der Waals surface area contributed by atoms with Crippen molar-refractivity contribution in [3.8, 4) is 0 Å².